The van der Waals surface area contributed by atoms with Crippen LogP contribution in [0.1, 0.15) is 18.9 Å². The minimum Gasteiger partial charge on any atom is -0.326 e. The van der Waals surface area contributed by atoms with Crippen molar-refractivity contribution in [1.29, 1.82) is 5.26 Å². The average molecular weight is 261 g/mol. The molecule has 94 valence electrons. The van der Waals surface area contributed by atoms with Gasteiger partial charge in [-0.3, -0.25) is 4.79 Å². The fraction of sp³-hybridized carbons (Fsp3) is 0.385. The quantitative estimate of drug-likeness (QED) is 0.902. The van der Waals surface area contributed by atoms with Crippen molar-refractivity contribution in [3.63, 3.8) is 0 Å². The topological polar surface area (TPSA) is 70.1 Å². The second-order valence-electron chi connectivity index (χ2n) is 4.16. The summed E-state index contributed by atoms with van der Waals surface area (Å²) in [6.07, 6.45) is 0.343. The molecule has 5 heteroatoms. The second kappa shape index (κ2) is 5.42. The molecule has 0 fully saturated rings. The molecular formula is C13H15N3OS. The van der Waals surface area contributed by atoms with Gasteiger partial charge in [0.2, 0.25) is 5.91 Å². The predicted molar refractivity (Wildman–Crippen MR) is 72.2 cm³/mol. The number of carbonyl (C=O) groups excluding carboxylic acids is 1. The molecule has 2 rings (SSSR count). The highest BCUT2D eigenvalue weighted by molar-refractivity contribution is 8.00. The van der Waals surface area contributed by atoms with Gasteiger partial charge in [-0.1, -0.05) is 6.07 Å². The van der Waals surface area contributed by atoms with E-state index in [1.165, 1.54) is 0 Å². The third-order valence-corrected chi connectivity index (χ3v) is 4.07. The van der Waals surface area contributed by atoms with Crippen LogP contribution in [0.3, 0.4) is 0 Å². The van der Waals surface area contributed by atoms with Crippen LogP contribution in [0.2, 0.25) is 0 Å². The molecule has 1 unspecified atom stereocenters. The molecule has 18 heavy (non-hydrogen) atoms. The van der Waals surface area contributed by atoms with E-state index in [1.54, 1.807) is 16.7 Å². The standard InChI is InChI=1S/C13H15N3OS/c1-9-13(17)16(6-2-5-14)11-7-10(8-15)3-4-12(11)18-9/h3-4,7,9H,2,6,8,15H2,1H3. The monoisotopic (exact) mass is 261 g/mol. The first-order valence-electron chi connectivity index (χ1n) is 5.85. The van der Waals surface area contributed by atoms with Crippen molar-refractivity contribution in [2.24, 2.45) is 5.73 Å². The average Bonchev–Trinajstić information content (AvgIpc) is 2.39. The van der Waals surface area contributed by atoms with E-state index in [0.29, 0.717) is 19.5 Å². The van der Waals surface area contributed by atoms with E-state index < -0.39 is 0 Å². The molecule has 0 saturated carbocycles. The van der Waals surface area contributed by atoms with Gasteiger partial charge in [0.1, 0.15) is 0 Å². The Morgan fingerprint density at radius 1 is 1.56 bits per heavy atom. The molecule has 1 aliphatic heterocycles. The van der Waals surface area contributed by atoms with Gasteiger partial charge in [-0.2, -0.15) is 5.26 Å². The van der Waals surface area contributed by atoms with Crippen molar-refractivity contribution in [3.8, 4) is 6.07 Å². The van der Waals surface area contributed by atoms with Gasteiger partial charge in [0.15, 0.2) is 0 Å². The molecule has 1 atom stereocenters. The first kappa shape index (κ1) is 12.9. The largest absolute Gasteiger partial charge is 0.326 e. The lowest BCUT2D eigenvalue weighted by atomic mass is 10.1. The van der Waals surface area contributed by atoms with Crippen molar-refractivity contribution in [1.82, 2.24) is 0 Å². The highest BCUT2D eigenvalue weighted by Crippen LogP contribution is 2.39. The number of nitrogens with two attached hydrogens (primary N) is 1. The Balaban J connectivity index is 2.40. The second-order valence-corrected chi connectivity index (χ2v) is 5.55. The van der Waals surface area contributed by atoms with Crippen molar-refractivity contribution in [3.05, 3.63) is 23.8 Å². The maximum Gasteiger partial charge on any atom is 0.240 e. The predicted octanol–water partition coefficient (Wildman–Crippen LogP) is 1.89. The smallest absolute Gasteiger partial charge is 0.240 e. The first-order valence-corrected chi connectivity index (χ1v) is 6.73. The molecule has 1 heterocycles. The fourth-order valence-corrected chi connectivity index (χ4v) is 3.02. The molecule has 0 radical (unpaired) electrons. The van der Waals surface area contributed by atoms with E-state index in [1.807, 2.05) is 25.1 Å². The summed E-state index contributed by atoms with van der Waals surface area (Å²) in [7, 11) is 0. The van der Waals surface area contributed by atoms with E-state index in [2.05, 4.69) is 6.07 Å². The van der Waals surface area contributed by atoms with Crippen LogP contribution in [0, 0.1) is 11.3 Å². The van der Waals surface area contributed by atoms with Crippen LogP contribution >= 0.6 is 11.8 Å². The van der Waals surface area contributed by atoms with Crippen LogP contribution in [0.4, 0.5) is 5.69 Å². The van der Waals surface area contributed by atoms with Crippen molar-refractivity contribution in [2.75, 3.05) is 11.4 Å². The number of hydrogen-bond acceptors (Lipinski definition) is 4. The Labute approximate surface area is 111 Å². The fourth-order valence-electron chi connectivity index (χ4n) is 1.97. The summed E-state index contributed by atoms with van der Waals surface area (Å²) in [5.74, 6) is 0.0666. The van der Waals surface area contributed by atoms with Gasteiger partial charge < -0.3 is 10.6 Å². The summed E-state index contributed by atoms with van der Waals surface area (Å²) in [5, 5.41) is 8.59. The zero-order valence-corrected chi connectivity index (χ0v) is 11.0. The van der Waals surface area contributed by atoms with E-state index in [-0.39, 0.29) is 11.2 Å². The van der Waals surface area contributed by atoms with Crippen molar-refractivity contribution < 1.29 is 4.79 Å². The number of thioether (sulfide) groups is 1. The number of rotatable bonds is 3. The molecule has 1 aliphatic rings. The molecule has 0 aliphatic carbocycles. The molecule has 1 aromatic rings. The maximum atomic E-state index is 12.2. The molecule has 0 aromatic heterocycles. The lowest BCUT2D eigenvalue weighted by Gasteiger charge is -2.32. The molecule has 0 saturated heterocycles. The number of benzene rings is 1. The Hall–Kier alpha value is -1.51. The highest BCUT2D eigenvalue weighted by atomic mass is 32.2. The summed E-state index contributed by atoms with van der Waals surface area (Å²) < 4.78 is 0. The lowest BCUT2D eigenvalue weighted by molar-refractivity contribution is -0.118. The summed E-state index contributed by atoms with van der Waals surface area (Å²) in [4.78, 5) is 14.9. The zero-order chi connectivity index (χ0) is 13.1. The summed E-state index contributed by atoms with van der Waals surface area (Å²) in [5.41, 5.74) is 7.52. The Morgan fingerprint density at radius 3 is 3.00 bits per heavy atom. The van der Waals surface area contributed by atoms with Crippen LogP contribution in [0.15, 0.2) is 23.1 Å². The summed E-state index contributed by atoms with van der Waals surface area (Å²) in [6.45, 7) is 2.79. The molecule has 4 nitrogen and oxygen atoms in total. The number of nitriles is 1. The number of fused-ring (bicyclic) bond motifs is 1. The minimum absolute atomic E-state index is 0.0666. The number of carbonyl (C=O) groups is 1. The SMILES string of the molecule is CC1Sc2ccc(CN)cc2N(CCC#N)C1=O. The van der Waals surface area contributed by atoms with E-state index in [0.717, 1.165) is 16.1 Å². The highest BCUT2D eigenvalue weighted by Gasteiger charge is 2.30. The van der Waals surface area contributed by atoms with Gasteiger partial charge >= 0.3 is 0 Å². The van der Waals surface area contributed by atoms with E-state index in [9.17, 15) is 4.79 Å². The first-order chi connectivity index (χ1) is 8.67. The van der Waals surface area contributed by atoms with Crippen molar-refractivity contribution in [2.45, 2.75) is 30.0 Å². The Kier molecular flexibility index (Phi) is 3.90. The van der Waals surface area contributed by atoms with Gasteiger partial charge in [0, 0.05) is 18.0 Å². The van der Waals surface area contributed by atoms with Gasteiger partial charge in [0.25, 0.3) is 0 Å². The molecule has 2 N–H and O–H groups in total. The maximum absolute atomic E-state index is 12.2. The van der Waals surface area contributed by atoms with Crippen LogP contribution in [0.5, 0.6) is 0 Å². The van der Waals surface area contributed by atoms with E-state index >= 15 is 0 Å². The number of nitrogens with zero attached hydrogens (tertiary/aromatic N) is 2. The van der Waals surface area contributed by atoms with Crippen LogP contribution < -0.4 is 10.6 Å². The number of hydrogen-bond donors (Lipinski definition) is 1. The molecule has 1 amide bonds. The third kappa shape index (κ3) is 2.35. The van der Waals surface area contributed by atoms with E-state index in [4.69, 9.17) is 11.0 Å². The number of anilines is 1. The Bertz CT molecular complexity index is 509. The van der Waals surface area contributed by atoms with Crippen molar-refractivity contribution >= 4 is 23.4 Å². The zero-order valence-electron chi connectivity index (χ0n) is 10.2. The normalized spacial score (nSPS) is 18.4. The van der Waals surface area contributed by atoms with Gasteiger partial charge in [0.05, 0.1) is 23.4 Å². The van der Waals surface area contributed by atoms with Gasteiger partial charge in [-0.05, 0) is 24.6 Å². The molecule has 0 bridgehead atoms. The van der Waals surface area contributed by atoms with Crippen LogP contribution in [-0.2, 0) is 11.3 Å². The molecule has 1 aromatic carbocycles. The number of amides is 1. The Morgan fingerprint density at radius 2 is 2.33 bits per heavy atom. The third-order valence-electron chi connectivity index (χ3n) is 2.91. The molecular weight excluding hydrogens is 246 g/mol. The van der Waals surface area contributed by atoms with Gasteiger partial charge in [-0.25, -0.2) is 0 Å². The lowest BCUT2D eigenvalue weighted by Crippen LogP contribution is -2.40. The van der Waals surface area contributed by atoms with Gasteiger partial charge in [-0.15, -0.1) is 11.8 Å². The van der Waals surface area contributed by atoms with Crippen LogP contribution in [-0.4, -0.2) is 17.7 Å². The molecule has 0 spiro atoms. The van der Waals surface area contributed by atoms with Crippen LogP contribution in [0.25, 0.3) is 0 Å². The minimum atomic E-state index is -0.0973. The summed E-state index contributed by atoms with van der Waals surface area (Å²) in [6, 6.07) is 8.02. The summed E-state index contributed by atoms with van der Waals surface area (Å²) >= 11 is 1.56.